The van der Waals surface area contributed by atoms with Gasteiger partial charge in [0.25, 0.3) is 5.91 Å². The molecule has 1 aliphatic rings. The molecule has 6 heteroatoms. The first-order valence-corrected chi connectivity index (χ1v) is 10.7. The molecule has 1 aliphatic heterocycles. The molecule has 2 amide bonds. The molecule has 2 aromatic carbocycles. The number of carbonyl (C=O) groups excluding carboxylic acids is 2. The van der Waals surface area contributed by atoms with Gasteiger partial charge in [0, 0.05) is 28.2 Å². The first-order valence-electron chi connectivity index (χ1n) is 10.3. The molecule has 0 saturated carbocycles. The Morgan fingerprint density at radius 1 is 1.17 bits per heavy atom. The maximum atomic E-state index is 13.7. The standard InChI is InChI=1S/C24H26ClN3O2/c1-16(2)11-12-26-23(30)24(3)15-27-20-10-5-4-7-17(20)13-21(27)22(29)28(24)19-9-6-8-18(25)14-19/h4-10,13-14,16H,11-12,15H2,1-3H3,(H,26,30). The molecule has 4 rings (SSSR count). The Bertz CT molecular complexity index is 1120. The SMILES string of the molecule is CC(C)CCNC(=O)C1(C)Cn2c(cc3ccccc32)C(=O)N1c1cccc(Cl)c1. The molecular formula is C24H26ClN3O2. The van der Waals surface area contributed by atoms with Crippen LogP contribution in [0.15, 0.2) is 54.6 Å². The van der Waals surface area contributed by atoms with Gasteiger partial charge in [0.15, 0.2) is 0 Å². The van der Waals surface area contributed by atoms with Crippen LogP contribution in [-0.4, -0.2) is 28.5 Å². The van der Waals surface area contributed by atoms with Gasteiger partial charge in [-0.25, -0.2) is 0 Å². The smallest absolute Gasteiger partial charge is 0.275 e. The Labute approximate surface area is 181 Å². The van der Waals surface area contributed by atoms with Gasteiger partial charge in [0.05, 0.1) is 6.54 Å². The van der Waals surface area contributed by atoms with E-state index in [0.29, 0.717) is 35.4 Å². The second kappa shape index (κ2) is 7.80. The number of hydrogen-bond acceptors (Lipinski definition) is 2. The molecular weight excluding hydrogens is 398 g/mol. The summed E-state index contributed by atoms with van der Waals surface area (Å²) in [6.07, 6.45) is 0.880. The summed E-state index contributed by atoms with van der Waals surface area (Å²) in [4.78, 5) is 28.7. The van der Waals surface area contributed by atoms with Crippen molar-refractivity contribution in [3.63, 3.8) is 0 Å². The van der Waals surface area contributed by atoms with Crippen LogP contribution in [0.5, 0.6) is 0 Å². The summed E-state index contributed by atoms with van der Waals surface area (Å²) in [6, 6.07) is 16.9. The van der Waals surface area contributed by atoms with Crippen molar-refractivity contribution in [3.8, 4) is 0 Å². The number of aromatic nitrogens is 1. The van der Waals surface area contributed by atoms with Gasteiger partial charge in [-0.3, -0.25) is 14.5 Å². The van der Waals surface area contributed by atoms with Crippen molar-refractivity contribution >= 4 is 40.0 Å². The zero-order valence-electron chi connectivity index (χ0n) is 17.5. The van der Waals surface area contributed by atoms with Crippen LogP contribution in [0.25, 0.3) is 10.9 Å². The van der Waals surface area contributed by atoms with Crippen molar-refractivity contribution in [2.75, 3.05) is 11.4 Å². The Hall–Kier alpha value is -2.79. The van der Waals surface area contributed by atoms with Gasteiger partial charge in [0.1, 0.15) is 11.2 Å². The number of anilines is 1. The molecule has 0 bridgehead atoms. The van der Waals surface area contributed by atoms with Crippen LogP contribution < -0.4 is 10.2 Å². The Kier molecular flexibility index (Phi) is 5.33. The number of para-hydroxylation sites is 1. The Balaban J connectivity index is 1.82. The Morgan fingerprint density at radius 3 is 2.67 bits per heavy atom. The second-order valence-electron chi connectivity index (χ2n) is 8.51. The molecule has 1 aromatic heterocycles. The summed E-state index contributed by atoms with van der Waals surface area (Å²) >= 11 is 6.22. The van der Waals surface area contributed by atoms with E-state index in [2.05, 4.69) is 19.2 Å². The lowest BCUT2D eigenvalue weighted by molar-refractivity contribution is -0.126. The van der Waals surface area contributed by atoms with Crippen LogP contribution in [0.4, 0.5) is 5.69 Å². The summed E-state index contributed by atoms with van der Waals surface area (Å²) in [6.45, 7) is 7.00. The number of halogens is 1. The lowest BCUT2D eigenvalue weighted by Crippen LogP contribution is -2.64. The highest BCUT2D eigenvalue weighted by Crippen LogP contribution is 2.36. The van der Waals surface area contributed by atoms with Gasteiger partial charge in [-0.1, -0.05) is 49.7 Å². The van der Waals surface area contributed by atoms with E-state index < -0.39 is 5.54 Å². The fourth-order valence-electron chi connectivity index (χ4n) is 4.13. The van der Waals surface area contributed by atoms with E-state index in [4.69, 9.17) is 11.6 Å². The molecule has 0 saturated heterocycles. The van der Waals surface area contributed by atoms with Crippen molar-refractivity contribution in [2.45, 2.75) is 39.3 Å². The largest absolute Gasteiger partial charge is 0.354 e. The maximum absolute atomic E-state index is 13.7. The summed E-state index contributed by atoms with van der Waals surface area (Å²) < 4.78 is 1.96. The van der Waals surface area contributed by atoms with E-state index in [1.807, 2.05) is 47.9 Å². The summed E-state index contributed by atoms with van der Waals surface area (Å²) in [5, 5.41) is 4.56. The fraction of sp³-hybridized carbons (Fsp3) is 0.333. The molecule has 5 nitrogen and oxygen atoms in total. The van der Waals surface area contributed by atoms with Crippen LogP contribution in [0.2, 0.25) is 5.02 Å². The zero-order chi connectivity index (χ0) is 21.5. The van der Waals surface area contributed by atoms with Crippen LogP contribution in [0, 0.1) is 5.92 Å². The van der Waals surface area contributed by atoms with Crippen molar-refractivity contribution in [1.29, 1.82) is 0 Å². The average molecular weight is 424 g/mol. The molecule has 1 atom stereocenters. The molecule has 2 heterocycles. The van der Waals surface area contributed by atoms with Crippen molar-refractivity contribution in [3.05, 3.63) is 65.3 Å². The van der Waals surface area contributed by atoms with E-state index in [9.17, 15) is 9.59 Å². The van der Waals surface area contributed by atoms with Crippen molar-refractivity contribution < 1.29 is 9.59 Å². The highest BCUT2D eigenvalue weighted by Gasteiger charge is 2.48. The molecule has 0 aliphatic carbocycles. The molecule has 30 heavy (non-hydrogen) atoms. The van der Waals surface area contributed by atoms with Gasteiger partial charge in [-0.05, 0) is 49.6 Å². The topological polar surface area (TPSA) is 54.3 Å². The average Bonchev–Trinajstić information content (AvgIpc) is 3.06. The van der Waals surface area contributed by atoms with E-state index in [-0.39, 0.29) is 11.8 Å². The van der Waals surface area contributed by atoms with E-state index >= 15 is 0 Å². The minimum atomic E-state index is -1.09. The molecule has 0 spiro atoms. The number of nitrogens with zero attached hydrogens (tertiary/aromatic N) is 2. The van der Waals surface area contributed by atoms with Crippen molar-refractivity contribution in [1.82, 2.24) is 9.88 Å². The number of carbonyl (C=O) groups is 2. The van der Waals surface area contributed by atoms with E-state index in [1.165, 1.54) is 0 Å². The normalized spacial score (nSPS) is 18.7. The van der Waals surface area contributed by atoms with Gasteiger partial charge in [0.2, 0.25) is 5.91 Å². The first-order chi connectivity index (χ1) is 14.3. The highest BCUT2D eigenvalue weighted by atomic mass is 35.5. The predicted octanol–water partition coefficient (Wildman–Crippen LogP) is 4.88. The van der Waals surface area contributed by atoms with Crippen LogP contribution in [0.1, 0.15) is 37.7 Å². The number of rotatable bonds is 5. The number of amides is 2. The molecule has 1 unspecified atom stereocenters. The summed E-state index contributed by atoms with van der Waals surface area (Å²) in [7, 11) is 0. The number of benzene rings is 2. The van der Waals surface area contributed by atoms with Gasteiger partial charge in [-0.15, -0.1) is 0 Å². The molecule has 0 fully saturated rings. The predicted molar refractivity (Wildman–Crippen MR) is 121 cm³/mol. The van der Waals surface area contributed by atoms with Crippen LogP contribution >= 0.6 is 11.6 Å². The lowest BCUT2D eigenvalue weighted by Gasteiger charge is -2.44. The van der Waals surface area contributed by atoms with E-state index in [1.54, 1.807) is 23.1 Å². The monoisotopic (exact) mass is 423 g/mol. The third-order valence-corrected chi connectivity index (χ3v) is 5.99. The minimum Gasteiger partial charge on any atom is -0.354 e. The quantitative estimate of drug-likeness (QED) is 0.636. The lowest BCUT2D eigenvalue weighted by atomic mass is 9.93. The number of fused-ring (bicyclic) bond motifs is 3. The maximum Gasteiger partial charge on any atom is 0.275 e. The molecule has 156 valence electrons. The molecule has 3 aromatic rings. The third kappa shape index (κ3) is 3.47. The van der Waals surface area contributed by atoms with Gasteiger partial charge < -0.3 is 9.88 Å². The zero-order valence-corrected chi connectivity index (χ0v) is 18.2. The fourth-order valence-corrected chi connectivity index (χ4v) is 4.32. The van der Waals surface area contributed by atoms with E-state index in [0.717, 1.165) is 17.3 Å². The molecule has 0 radical (unpaired) electrons. The summed E-state index contributed by atoms with van der Waals surface area (Å²) in [5.41, 5.74) is 1.05. The second-order valence-corrected chi connectivity index (χ2v) is 8.94. The van der Waals surface area contributed by atoms with Gasteiger partial charge >= 0.3 is 0 Å². The van der Waals surface area contributed by atoms with Gasteiger partial charge in [-0.2, -0.15) is 0 Å². The van der Waals surface area contributed by atoms with Crippen LogP contribution in [0.3, 0.4) is 0 Å². The number of hydrogen-bond donors (Lipinski definition) is 1. The first kappa shape index (κ1) is 20.5. The third-order valence-electron chi connectivity index (χ3n) is 5.76. The minimum absolute atomic E-state index is 0.167. The summed E-state index contributed by atoms with van der Waals surface area (Å²) in [5.74, 6) is 0.108. The number of nitrogens with one attached hydrogen (secondary N) is 1. The Morgan fingerprint density at radius 2 is 1.93 bits per heavy atom. The van der Waals surface area contributed by atoms with Crippen LogP contribution in [-0.2, 0) is 11.3 Å². The highest BCUT2D eigenvalue weighted by molar-refractivity contribution is 6.31. The van der Waals surface area contributed by atoms with Crippen molar-refractivity contribution in [2.24, 2.45) is 5.92 Å². The molecule has 1 N–H and O–H groups in total.